The number of halogens is 1. The largest absolute Gasteiger partial charge is 0.497 e. The highest BCUT2D eigenvalue weighted by Gasteiger charge is 2.31. The number of anilines is 1. The van der Waals surface area contributed by atoms with E-state index in [1.807, 2.05) is 12.1 Å². The van der Waals surface area contributed by atoms with E-state index in [0.717, 1.165) is 4.47 Å². The molecule has 8 heteroatoms. The van der Waals surface area contributed by atoms with Gasteiger partial charge in [0.05, 0.1) is 18.0 Å². The van der Waals surface area contributed by atoms with Gasteiger partial charge in [-0.25, -0.2) is 8.42 Å². The summed E-state index contributed by atoms with van der Waals surface area (Å²) in [5, 5.41) is 2.84. The van der Waals surface area contributed by atoms with Crippen LogP contribution in [0.2, 0.25) is 0 Å². The summed E-state index contributed by atoms with van der Waals surface area (Å²) in [5.41, 5.74) is 1.31. The topological polar surface area (TPSA) is 75.7 Å². The predicted octanol–water partition coefficient (Wildman–Crippen LogP) is 4.85. The van der Waals surface area contributed by atoms with E-state index in [-0.39, 0.29) is 17.2 Å². The molecule has 162 valence electrons. The monoisotopic (exact) mass is 502 g/mol. The van der Waals surface area contributed by atoms with E-state index in [0.29, 0.717) is 17.0 Å². The Morgan fingerprint density at radius 1 is 1.03 bits per heavy atom. The van der Waals surface area contributed by atoms with Crippen molar-refractivity contribution in [2.24, 2.45) is 0 Å². The minimum Gasteiger partial charge on any atom is -0.497 e. The van der Waals surface area contributed by atoms with Crippen molar-refractivity contribution in [2.45, 2.75) is 17.4 Å². The summed E-state index contributed by atoms with van der Waals surface area (Å²) in [6, 6.07) is 21.7. The van der Waals surface area contributed by atoms with Gasteiger partial charge >= 0.3 is 0 Å². The maximum atomic E-state index is 13.2. The van der Waals surface area contributed by atoms with Gasteiger partial charge < -0.3 is 10.1 Å². The number of nitrogens with one attached hydrogen (secondary N) is 1. The molecule has 0 aliphatic heterocycles. The van der Waals surface area contributed by atoms with Gasteiger partial charge in [-0.1, -0.05) is 52.3 Å². The van der Waals surface area contributed by atoms with Crippen LogP contribution < -0.4 is 10.1 Å². The molecule has 3 rings (SSSR count). The third kappa shape index (κ3) is 5.72. The number of benzene rings is 3. The lowest BCUT2D eigenvalue weighted by molar-refractivity contribution is -0.117. The molecule has 0 bridgehead atoms. The number of amides is 1. The van der Waals surface area contributed by atoms with Crippen molar-refractivity contribution < 1.29 is 17.9 Å². The van der Waals surface area contributed by atoms with Crippen LogP contribution in [0.15, 0.2) is 88.2 Å². The van der Waals surface area contributed by atoms with Gasteiger partial charge in [0.15, 0.2) is 0 Å². The molecule has 0 unspecified atom stereocenters. The van der Waals surface area contributed by atoms with Gasteiger partial charge in [-0.15, -0.1) is 0 Å². The molecule has 0 aromatic heterocycles. The lowest BCUT2D eigenvalue weighted by atomic mass is 10.0. The van der Waals surface area contributed by atoms with E-state index < -0.39 is 16.1 Å². The van der Waals surface area contributed by atoms with Crippen LogP contribution in [-0.4, -0.2) is 32.8 Å². The Morgan fingerprint density at radius 2 is 1.71 bits per heavy atom. The van der Waals surface area contributed by atoms with Crippen LogP contribution in [0.25, 0.3) is 0 Å². The summed E-state index contributed by atoms with van der Waals surface area (Å²) in [7, 11) is -0.764. The predicted molar refractivity (Wildman–Crippen MR) is 125 cm³/mol. The molecule has 0 saturated carbocycles. The van der Waals surface area contributed by atoms with Crippen LogP contribution >= 0.6 is 15.9 Å². The van der Waals surface area contributed by atoms with Crippen LogP contribution in [0.5, 0.6) is 5.75 Å². The number of hydrogen-bond donors (Lipinski definition) is 1. The fourth-order valence-corrected chi connectivity index (χ4v) is 4.93. The van der Waals surface area contributed by atoms with Gasteiger partial charge in [-0.05, 0) is 48.0 Å². The molecule has 1 atom stereocenters. The summed E-state index contributed by atoms with van der Waals surface area (Å²) in [5.74, 6) is 0.351. The molecule has 1 N–H and O–H groups in total. The smallest absolute Gasteiger partial charge is 0.243 e. The van der Waals surface area contributed by atoms with Crippen LogP contribution in [0, 0.1) is 0 Å². The first-order valence-electron chi connectivity index (χ1n) is 9.53. The molecule has 6 nitrogen and oxygen atoms in total. The first-order chi connectivity index (χ1) is 14.8. The van der Waals surface area contributed by atoms with E-state index in [2.05, 4.69) is 21.2 Å². The normalized spacial score (nSPS) is 12.4. The fraction of sp³-hybridized carbons (Fsp3) is 0.174. The summed E-state index contributed by atoms with van der Waals surface area (Å²) < 4.78 is 33.7. The van der Waals surface area contributed by atoms with Crippen LogP contribution in [0.4, 0.5) is 5.69 Å². The van der Waals surface area contributed by atoms with Gasteiger partial charge in [0.2, 0.25) is 15.9 Å². The lowest BCUT2D eigenvalue weighted by Crippen LogP contribution is -2.33. The van der Waals surface area contributed by atoms with Crippen molar-refractivity contribution >= 4 is 37.5 Å². The second-order valence-electron chi connectivity index (χ2n) is 6.89. The number of rotatable bonds is 8. The average Bonchev–Trinajstić information content (AvgIpc) is 2.77. The standard InChI is InChI=1S/C23H23BrN2O4S/c1-26(31(28,29)21-9-4-3-5-10-21)22(17-11-13-20(30-2)14-12-17)16-23(27)25-19-8-6-7-18(24)15-19/h3-15,22H,16H2,1-2H3,(H,25,27)/t22-/m1/s1. The quantitative estimate of drug-likeness (QED) is 0.477. The van der Waals surface area contributed by atoms with E-state index in [1.54, 1.807) is 73.8 Å². The molecule has 0 aliphatic rings. The summed E-state index contributed by atoms with van der Waals surface area (Å²) in [6.45, 7) is 0. The second kappa shape index (κ2) is 10.1. The molecule has 0 spiro atoms. The third-order valence-electron chi connectivity index (χ3n) is 4.85. The number of methoxy groups -OCH3 is 1. The van der Waals surface area contributed by atoms with Gasteiger partial charge in [0, 0.05) is 23.6 Å². The Kier molecular flexibility index (Phi) is 7.48. The van der Waals surface area contributed by atoms with Crippen molar-refractivity contribution in [3.63, 3.8) is 0 Å². The molecular weight excluding hydrogens is 480 g/mol. The number of carbonyl (C=O) groups is 1. The van der Waals surface area contributed by atoms with Crippen molar-refractivity contribution in [1.29, 1.82) is 0 Å². The first-order valence-corrected chi connectivity index (χ1v) is 11.8. The van der Waals surface area contributed by atoms with E-state index in [1.165, 1.54) is 11.4 Å². The Hall–Kier alpha value is -2.68. The zero-order chi connectivity index (χ0) is 22.4. The van der Waals surface area contributed by atoms with Crippen molar-refractivity contribution in [2.75, 3.05) is 19.5 Å². The van der Waals surface area contributed by atoms with E-state index in [4.69, 9.17) is 4.74 Å². The molecular formula is C23H23BrN2O4S. The second-order valence-corrected chi connectivity index (χ2v) is 9.80. The van der Waals surface area contributed by atoms with Crippen LogP contribution in [0.3, 0.4) is 0 Å². The highest BCUT2D eigenvalue weighted by atomic mass is 79.9. The average molecular weight is 503 g/mol. The van der Waals surface area contributed by atoms with Gasteiger partial charge in [-0.2, -0.15) is 4.31 Å². The fourth-order valence-electron chi connectivity index (χ4n) is 3.16. The summed E-state index contributed by atoms with van der Waals surface area (Å²) >= 11 is 3.38. The Balaban J connectivity index is 1.91. The number of ether oxygens (including phenoxy) is 1. The summed E-state index contributed by atoms with van der Waals surface area (Å²) in [6.07, 6.45) is -0.0542. The van der Waals surface area contributed by atoms with Gasteiger partial charge in [-0.3, -0.25) is 4.79 Å². The van der Waals surface area contributed by atoms with E-state index >= 15 is 0 Å². The number of hydrogen-bond acceptors (Lipinski definition) is 4. The van der Waals surface area contributed by atoms with Crippen molar-refractivity contribution in [1.82, 2.24) is 4.31 Å². The molecule has 3 aromatic rings. The maximum Gasteiger partial charge on any atom is 0.243 e. The lowest BCUT2D eigenvalue weighted by Gasteiger charge is -2.28. The number of nitrogens with zero attached hydrogens (tertiary/aromatic N) is 1. The Morgan fingerprint density at radius 3 is 2.32 bits per heavy atom. The van der Waals surface area contributed by atoms with Crippen molar-refractivity contribution in [3.05, 3.63) is 88.9 Å². The molecule has 31 heavy (non-hydrogen) atoms. The molecule has 0 fully saturated rings. The number of sulfonamides is 1. The minimum atomic E-state index is -3.81. The highest BCUT2D eigenvalue weighted by molar-refractivity contribution is 9.10. The molecule has 0 radical (unpaired) electrons. The van der Waals surface area contributed by atoms with Crippen molar-refractivity contribution in [3.8, 4) is 5.75 Å². The molecule has 1 amide bonds. The maximum absolute atomic E-state index is 13.2. The highest BCUT2D eigenvalue weighted by Crippen LogP contribution is 2.30. The third-order valence-corrected chi connectivity index (χ3v) is 7.22. The number of carbonyl (C=O) groups excluding carboxylic acids is 1. The van der Waals surface area contributed by atoms with E-state index in [9.17, 15) is 13.2 Å². The molecule has 0 heterocycles. The zero-order valence-electron chi connectivity index (χ0n) is 17.2. The van der Waals surface area contributed by atoms with Gasteiger partial charge in [0.25, 0.3) is 0 Å². The molecule has 3 aromatic carbocycles. The van der Waals surface area contributed by atoms with Crippen LogP contribution in [0.1, 0.15) is 18.0 Å². The molecule has 0 aliphatic carbocycles. The zero-order valence-corrected chi connectivity index (χ0v) is 19.6. The molecule has 0 saturated heterocycles. The first kappa shape index (κ1) is 23.0. The Labute approximate surface area is 191 Å². The SMILES string of the molecule is COc1ccc([C@@H](CC(=O)Nc2cccc(Br)c2)N(C)S(=O)(=O)c2ccccc2)cc1. The van der Waals surface area contributed by atoms with Crippen LogP contribution in [-0.2, 0) is 14.8 Å². The van der Waals surface area contributed by atoms with Gasteiger partial charge in [0.1, 0.15) is 5.75 Å². The summed E-state index contributed by atoms with van der Waals surface area (Å²) in [4.78, 5) is 13.0. The Bertz CT molecular complexity index is 1140. The minimum absolute atomic E-state index is 0.0542.